The lowest BCUT2D eigenvalue weighted by Gasteiger charge is -2.29. The molecule has 1 aliphatic carbocycles. The van der Waals surface area contributed by atoms with Crippen molar-refractivity contribution in [3.63, 3.8) is 0 Å². The Kier molecular flexibility index (Phi) is 11.7. The molecule has 360 valence electrons. The van der Waals surface area contributed by atoms with Gasteiger partial charge in [0.25, 0.3) is 0 Å². The van der Waals surface area contributed by atoms with Crippen molar-refractivity contribution in [1.29, 1.82) is 5.26 Å². The maximum Gasteiger partial charge on any atom is 0.187 e. The molecular weight excluding hydrogens is 941 g/mol. The van der Waals surface area contributed by atoms with Gasteiger partial charge in [0.1, 0.15) is 0 Å². The smallest absolute Gasteiger partial charge is 0.187 e. The maximum atomic E-state index is 9.89. The van der Waals surface area contributed by atoms with Gasteiger partial charge in [-0.2, -0.15) is 5.26 Å². The first-order valence-corrected chi connectivity index (χ1v) is 32.9. The normalized spacial score (nSPS) is 13.0. The van der Waals surface area contributed by atoms with E-state index in [4.69, 9.17) is 6.57 Å². The first-order valence-electron chi connectivity index (χ1n) is 25.9. The number of hydrogen-bond donors (Lipinski definition) is 0. The molecule has 0 saturated carbocycles. The van der Waals surface area contributed by atoms with Crippen molar-refractivity contribution in [2.75, 3.05) is 9.80 Å². The molecule has 11 aromatic carbocycles. The van der Waals surface area contributed by atoms with Crippen LogP contribution >= 0.6 is 0 Å². The Morgan fingerprint density at radius 3 is 1.31 bits per heavy atom. The highest BCUT2D eigenvalue weighted by molar-refractivity contribution is 6.89. The van der Waals surface area contributed by atoms with Gasteiger partial charge in [0.15, 0.2) is 5.69 Å². The van der Waals surface area contributed by atoms with E-state index in [-0.39, 0.29) is 5.92 Å². The fourth-order valence-corrected chi connectivity index (χ4v) is 13.7. The van der Waals surface area contributed by atoms with Crippen molar-refractivity contribution in [3.05, 3.63) is 258 Å². The van der Waals surface area contributed by atoms with Gasteiger partial charge in [0.2, 0.25) is 0 Å². The molecule has 0 aromatic heterocycles. The molecule has 0 bridgehead atoms. The lowest BCUT2D eigenvalue weighted by molar-refractivity contribution is 1.02. The lowest BCUT2D eigenvalue weighted by atomic mass is 9.82. The van der Waals surface area contributed by atoms with Crippen LogP contribution in [0.1, 0.15) is 28.2 Å². The summed E-state index contributed by atoms with van der Waals surface area (Å²) in [5.41, 5.74) is 16.0. The van der Waals surface area contributed by atoms with Gasteiger partial charge in [-0.05, 0) is 168 Å². The number of fused-ring (bicyclic) bond motifs is 9. The molecule has 0 fully saturated rings. The van der Waals surface area contributed by atoms with E-state index in [9.17, 15) is 5.26 Å². The minimum absolute atomic E-state index is 0.0973. The molecule has 0 heterocycles. The zero-order valence-corrected chi connectivity index (χ0v) is 45.2. The van der Waals surface area contributed by atoms with Gasteiger partial charge in [-0.25, -0.2) is 4.85 Å². The van der Waals surface area contributed by atoms with E-state index in [1.54, 1.807) is 0 Å². The highest BCUT2D eigenvalue weighted by atomic mass is 28.3. The van der Waals surface area contributed by atoms with Crippen LogP contribution in [0.25, 0.3) is 59.4 Å². The number of hydrogen-bond acceptors (Lipinski definition) is 3. The van der Waals surface area contributed by atoms with Crippen LogP contribution in [0.2, 0.25) is 39.3 Å². The summed E-state index contributed by atoms with van der Waals surface area (Å²) in [7, 11) is -3.12. The monoisotopic (exact) mass is 996 g/mol. The summed E-state index contributed by atoms with van der Waals surface area (Å²) in [6.45, 7) is 22.0. The average Bonchev–Trinajstić information content (AvgIpc) is 3.77. The molecular formula is C69H56N4Si2. The third kappa shape index (κ3) is 8.49. The van der Waals surface area contributed by atoms with Crippen LogP contribution in [0.15, 0.2) is 224 Å². The van der Waals surface area contributed by atoms with Gasteiger partial charge in [0, 0.05) is 40.0 Å². The van der Waals surface area contributed by atoms with Gasteiger partial charge in [-0.15, -0.1) is 0 Å². The van der Waals surface area contributed by atoms with Gasteiger partial charge < -0.3 is 9.80 Å². The fourth-order valence-electron chi connectivity index (χ4n) is 11.4. The molecule has 0 radical (unpaired) electrons. The second kappa shape index (κ2) is 18.6. The van der Waals surface area contributed by atoms with E-state index in [0.717, 1.165) is 45.3 Å². The van der Waals surface area contributed by atoms with Crippen LogP contribution in [-0.4, -0.2) is 16.1 Å². The van der Waals surface area contributed by atoms with E-state index in [1.807, 2.05) is 36.4 Å². The van der Waals surface area contributed by atoms with Crippen LogP contribution in [0, 0.1) is 17.9 Å². The summed E-state index contributed by atoms with van der Waals surface area (Å²) < 4.78 is 0. The number of nitrogens with zero attached hydrogens (tertiary/aromatic N) is 4. The van der Waals surface area contributed by atoms with Crippen LogP contribution in [-0.2, 0) is 0 Å². The van der Waals surface area contributed by atoms with Gasteiger partial charge in [-0.1, -0.05) is 177 Å². The zero-order chi connectivity index (χ0) is 51.6. The van der Waals surface area contributed by atoms with Crippen molar-refractivity contribution in [3.8, 4) is 28.3 Å². The minimum Gasteiger partial charge on any atom is -0.311 e. The molecule has 4 nitrogen and oxygen atoms in total. The highest BCUT2D eigenvalue weighted by Gasteiger charge is 2.33. The molecule has 1 atom stereocenters. The Balaban J connectivity index is 1.08. The van der Waals surface area contributed by atoms with Crippen molar-refractivity contribution < 1.29 is 0 Å². The first-order chi connectivity index (χ1) is 36.4. The molecule has 12 rings (SSSR count). The molecule has 1 unspecified atom stereocenters. The SMILES string of the molecule is [C-]#[N+]c1ccc(N(c2ccc(-c3ccc(N(c4ccc(C#N)cc4)c4ccc([Si](C)(C)C)cc4)cc3C3c4ccccc4-c4cc5c6ccccc6c6ccccc6c5cc43)cc2)c2ccc([Si](C)(C)C)cc2)cc1. The number of rotatable bonds is 10. The predicted molar refractivity (Wildman–Crippen MR) is 324 cm³/mol. The number of benzene rings is 11. The van der Waals surface area contributed by atoms with Gasteiger partial charge in [-0.3, -0.25) is 0 Å². The molecule has 75 heavy (non-hydrogen) atoms. The predicted octanol–water partition coefficient (Wildman–Crippen LogP) is 18.4. The van der Waals surface area contributed by atoms with Crippen molar-refractivity contribution in [2.45, 2.75) is 45.2 Å². The lowest BCUT2D eigenvalue weighted by Crippen LogP contribution is -2.37. The summed E-state index contributed by atoms with van der Waals surface area (Å²) in [6.07, 6.45) is 0. The van der Waals surface area contributed by atoms with E-state index in [0.29, 0.717) is 11.3 Å². The van der Waals surface area contributed by atoms with Crippen molar-refractivity contribution in [2.24, 2.45) is 0 Å². The average molecular weight is 997 g/mol. The number of nitriles is 1. The largest absolute Gasteiger partial charge is 0.311 e. The highest BCUT2D eigenvalue weighted by Crippen LogP contribution is 2.54. The Bertz CT molecular complexity index is 4080. The molecule has 0 N–H and O–H groups in total. The van der Waals surface area contributed by atoms with Gasteiger partial charge in [0.05, 0.1) is 34.4 Å². The summed E-state index contributed by atoms with van der Waals surface area (Å²) >= 11 is 0. The Morgan fingerprint density at radius 2 is 0.800 bits per heavy atom. The molecule has 0 saturated heterocycles. The first kappa shape index (κ1) is 47.2. The number of anilines is 6. The fraction of sp³-hybridized carbons (Fsp3) is 0.101. The van der Waals surface area contributed by atoms with E-state index in [1.165, 1.54) is 70.5 Å². The molecule has 6 heteroatoms. The molecule has 11 aromatic rings. The quantitative estimate of drug-likeness (QED) is 0.0778. The second-order valence-electron chi connectivity index (χ2n) is 22.0. The Morgan fingerprint density at radius 1 is 0.387 bits per heavy atom. The van der Waals surface area contributed by atoms with Gasteiger partial charge >= 0.3 is 0 Å². The van der Waals surface area contributed by atoms with Crippen LogP contribution < -0.4 is 20.2 Å². The van der Waals surface area contributed by atoms with Crippen LogP contribution in [0.5, 0.6) is 0 Å². The summed E-state index contributed by atoms with van der Waals surface area (Å²) in [5, 5.41) is 20.3. The zero-order valence-electron chi connectivity index (χ0n) is 43.2. The minimum atomic E-state index is -1.58. The molecule has 0 amide bonds. The Hall–Kier alpha value is -8.79. The van der Waals surface area contributed by atoms with Crippen LogP contribution in [0.3, 0.4) is 0 Å². The topological polar surface area (TPSA) is 34.6 Å². The Labute approximate surface area is 442 Å². The van der Waals surface area contributed by atoms with Crippen molar-refractivity contribution in [1.82, 2.24) is 0 Å². The van der Waals surface area contributed by atoms with E-state index in [2.05, 4.69) is 248 Å². The van der Waals surface area contributed by atoms with E-state index >= 15 is 0 Å². The molecule has 0 spiro atoms. The van der Waals surface area contributed by atoms with Crippen molar-refractivity contribution >= 4 is 98.7 Å². The standard InChI is InChI=1S/C69H56N4Si2/c1-71-48-24-30-51(31-25-48)72(52-32-37-55(38-33-52)74(2,3)4)50-28-22-47(23-29-50)57-41-36-54(73(49-26-20-46(45-70)21-27-49)53-34-39-56(40-35-53)75(5,6)7)42-67(57)69-63-19-13-12-18-62(63)66-43-64-60-16-10-8-14-58(60)59-15-9-11-17-61(59)65(64)44-68(66)69/h8-44,69H,2-7H3. The third-order valence-electron chi connectivity index (χ3n) is 15.3. The molecule has 0 aliphatic heterocycles. The maximum absolute atomic E-state index is 9.89. The third-order valence-corrected chi connectivity index (χ3v) is 19.4. The summed E-state index contributed by atoms with van der Waals surface area (Å²) in [6, 6.07) is 84.2. The van der Waals surface area contributed by atoms with E-state index < -0.39 is 16.1 Å². The molecule has 1 aliphatic rings. The summed E-state index contributed by atoms with van der Waals surface area (Å²) in [5.74, 6) is -0.0973. The van der Waals surface area contributed by atoms with Crippen LogP contribution in [0.4, 0.5) is 39.8 Å². The summed E-state index contributed by atoms with van der Waals surface area (Å²) in [4.78, 5) is 8.34. The second-order valence-corrected chi connectivity index (χ2v) is 32.1.